The van der Waals surface area contributed by atoms with Crippen LogP contribution in [0.5, 0.6) is 0 Å². The molecule has 4 nitrogen and oxygen atoms in total. The fraction of sp³-hybridized carbons (Fsp3) is 0.600. The summed E-state index contributed by atoms with van der Waals surface area (Å²) in [5.41, 5.74) is 0.844. The second-order valence-corrected chi connectivity index (χ2v) is 7.58. The summed E-state index contributed by atoms with van der Waals surface area (Å²) in [5.74, 6) is 0.490. The molecule has 1 aliphatic carbocycles. The minimum absolute atomic E-state index is 0.400. The minimum atomic E-state index is -3.40. The molecule has 112 valence electrons. The van der Waals surface area contributed by atoms with Crippen molar-refractivity contribution in [2.45, 2.75) is 50.6 Å². The Labute approximate surface area is 122 Å². The Morgan fingerprint density at radius 2 is 1.95 bits per heavy atom. The van der Waals surface area contributed by atoms with Crippen LogP contribution in [0.4, 0.5) is 0 Å². The van der Waals surface area contributed by atoms with Gasteiger partial charge in [-0.3, -0.25) is 0 Å². The van der Waals surface area contributed by atoms with Gasteiger partial charge in [0.15, 0.2) is 0 Å². The standard InChI is InChI=1S/C15H24N2O2S/c1-12(2)9-10-17-20(18,19)15-6-4-3-5-13(15)11-16-14-7-8-14/h3-6,12,14,16-17H,7-11H2,1-2H3. The lowest BCUT2D eigenvalue weighted by molar-refractivity contribution is 0.550. The Hall–Kier alpha value is -0.910. The average molecular weight is 296 g/mol. The maximum absolute atomic E-state index is 12.4. The molecule has 1 aromatic carbocycles. The van der Waals surface area contributed by atoms with Gasteiger partial charge < -0.3 is 5.32 Å². The third-order valence-electron chi connectivity index (χ3n) is 3.43. The van der Waals surface area contributed by atoms with E-state index in [0.29, 0.717) is 29.9 Å². The lowest BCUT2D eigenvalue weighted by Crippen LogP contribution is -2.27. The summed E-state index contributed by atoms with van der Waals surface area (Å²) in [6, 6.07) is 7.79. The monoisotopic (exact) mass is 296 g/mol. The predicted molar refractivity (Wildman–Crippen MR) is 80.9 cm³/mol. The van der Waals surface area contributed by atoms with Crippen molar-refractivity contribution in [2.24, 2.45) is 5.92 Å². The zero-order chi connectivity index (χ0) is 14.6. The Morgan fingerprint density at radius 1 is 1.25 bits per heavy atom. The number of rotatable bonds is 8. The molecular formula is C15H24N2O2S. The van der Waals surface area contributed by atoms with Gasteiger partial charge in [-0.25, -0.2) is 13.1 Å². The van der Waals surface area contributed by atoms with Crippen molar-refractivity contribution in [2.75, 3.05) is 6.54 Å². The largest absolute Gasteiger partial charge is 0.310 e. The van der Waals surface area contributed by atoms with Crippen LogP contribution >= 0.6 is 0 Å². The summed E-state index contributed by atoms with van der Waals surface area (Å²) in [7, 11) is -3.40. The summed E-state index contributed by atoms with van der Waals surface area (Å²) in [4.78, 5) is 0.400. The number of hydrogen-bond donors (Lipinski definition) is 2. The van der Waals surface area contributed by atoms with E-state index in [2.05, 4.69) is 23.9 Å². The van der Waals surface area contributed by atoms with Gasteiger partial charge in [-0.1, -0.05) is 32.0 Å². The van der Waals surface area contributed by atoms with Gasteiger partial charge in [0.2, 0.25) is 10.0 Å². The lowest BCUT2D eigenvalue weighted by Gasteiger charge is -2.12. The minimum Gasteiger partial charge on any atom is -0.310 e. The van der Waals surface area contributed by atoms with Gasteiger partial charge in [0.05, 0.1) is 4.90 Å². The molecule has 0 amide bonds. The van der Waals surface area contributed by atoms with Crippen molar-refractivity contribution in [3.05, 3.63) is 29.8 Å². The van der Waals surface area contributed by atoms with E-state index in [0.717, 1.165) is 12.0 Å². The molecule has 0 bridgehead atoms. The lowest BCUT2D eigenvalue weighted by atomic mass is 10.1. The van der Waals surface area contributed by atoms with E-state index in [9.17, 15) is 8.42 Å². The molecule has 1 aliphatic rings. The van der Waals surface area contributed by atoms with E-state index >= 15 is 0 Å². The summed E-state index contributed by atoms with van der Waals surface area (Å²) in [6.45, 7) is 5.28. The highest BCUT2D eigenvalue weighted by Gasteiger charge is 2.22. The van der Waals surface area contributed by atoms with Crippen LogP contribution in [0.1, 0.15) is 38.7 Å². The van der Waals surface area contributed by atoms with Crippen LogP contribution in [0.3, 0.4) is 0 Å². The molecular weight excluding hydrogens is 272 g/mol. The second kappa shape index (κ2) is 6.70. The van der Waals surface area contributed by atoms with E-state index in [4.69, 9.17) is 0 Å². The normalized spacial score (nSPS) is 15.8. The van der Waals surface area contributed by atoms with Gasteiger partial charge >= 0.3 is 0 Å². The average Bonchev–Trinajstić information content (AvgIpc) is 3.20. The molecule has 20 heavy (non-hydrogen) atoms. The van der Waals surface area contributed by atoms with E-state index in [1.54, 1.807) is 12.1 Å². The van der Waals surface area contributed by atoms with Crippen LogP contribution in [0.2, 0.25) is 0 Å². The molecule has 0 radical (unpaired) electrons. The van der Waals surface area contributed by atoms with Crippen LogP contribution in [-0.4, -0.2) is 21.0 Å². The highest BCUT2D eigenvalue weighted by atomic mass is 32.2. The highest BCUT2D eigenvalue weighted by molar-refractivity contribution is 7.89. The molecule has 0 aromatic heterocycles. The van der Waals surface area contributed by atoms with Crippen LogP contribution in [0.25, 0.3) is 0 Å². The molecule has 0 atom stereocenters. The number of sulfonamides is 1. The smallest absolute Gasteiger partial charge is 0.240 e. The van der Waals surface area contributed by atoms with Crippen molar-refractivity contribution in [3.63, 3.8) is 0 Å². The third kappa shape index (κ3) is 4.58. The van der Waals surface area contributed by atoms with Gasteiger partial charge in [-0.05, 0) is 36.8 Å². The molecule has 0 aliphatic heterocycles. The van der Waals surface area contributed by atoms with Gasteiger partial charge in [0, 0.05) is 19.1 Å². The first kappa shape index (κ1) is 15.5. The highest BCUT2D eigenvalue weighted by Crippen LogP contribution is 2.21. The van der Waals surface area contributed by atoms with Crippen molar-refractivity contribution >= 4 is 10.0 Å². The van der Waals surface area contributed by atoms with Crippen LogP contribution < -0.4 is 10.0 Å². The summed E-state index contributed by atoms with van der Waals surface area (Å²) >= 11 is 0. The first-order valence-electron chi connectivity index (χ1n) is 7.30. The van der Waals surface area contributed by atoms with Crippen LogP contribution in [-0.2, 0) is 16.6 Å². The molecule has 2 rings (SSSR count). The van der Waals surface area contributed by atoms with Crippen LogP contribution in [0.15, 0.2) is 29.2 Å². The summed E-state index contributed by atoms with van der Waals surface area (Å²) < 4.78 is 27.4. The Morgan fingerprint density at radius 3 is 2.60 bits per heavy atom. The molecule has 0 unspecified atom stereocenters. The zero-order valence-corrected chi connectivity index (χ0v) is 13.0. The quantitative estimate of drug-likeness (QED) is 0.773. The van der Waals surface area contributed by atoms with Gasteiger partial charge in [-0.15, -0.1) is 0 Å². The maximum atomic E-state index is 12.4. The number of benzene rings is 1. The van der Waals surface area contributed by atoms with Crippen molar-refractivity contribution < 1.29 is 8.42 Å². The van der Waals surface area contributed by atoms with Crippen LogP contribution in [0, 0.1) is 5.92 Å². The van der Waals surface area contributed by atoms with Gasteiger partial charge in [0.1, 0.15) is 0 Å². The molecule has 1 fully saturated rings. The number of hydrogen-bond acceptors (Lipinski definition) is 3. The number of nitrogens with one attached hydrogen (secondary N) is 2. The SMILES string of the molecule is CC(C)CCNS(=O)(=O)c1ccccc1CNC1CC1. The molecule has 2 N–H and O–H groups in total. The molecule has 5 heteroatoms. The first-order chi connectivity index (χ1) is 9.49. The van der Waals surface area contributed by atoms with Crippen molar-refractivity contribution in [3.8, 4) is 0 Å². The third-order valence-corrected chi connectivity index (χ3v) is 5.00. The van der Waals surface area contributed by atoms with E-state index < -0.39 is 10.0 Å². The molecule has 0 heterocycles. The molecule has 0 spiro atoms. The first-order valence-corrected chi connectivity index (χ1v) is 8.78. The van der Waals surface area contributed by atoms with Gasteiger partial charge in [0.25, 0.3) is 0 Å². The second-order valence-electron chi connectivity index (χ2n) is 5.84. The predicted octanol–water partition coefficient (Wildman–Crippen LogP) is 2.26. The molecule has 1 saturated carbocycles. The molecule has 0 saturated heterocycles. The van der Waals surface area contributed by atoms with Crippen molar-refractivity contribution in [1.29, 1.82) is 0 Å². The zero-order valence-electron chi connectivity index (χ0n) is 12.2. The molecule has 1 aromatic rings. The van der Waals surface area contributed by atoms with Crippen molar-refractivity contribution in [1.82, 2.24) is 10.0 Å². The fourth-order valence-corrected chi connectivity index (χ4v) is 3.30. The summed E-state index contributed by atoms with van der Waals surface area (Å²) in [6.07, 6.45) is 3.24. The van der Waals surface area contributed by atoms with Gasteiger partial charge in [-0.2, -0.15) is 0 Å². The maximum Gasteiger partial charge on any atom is 0.240 e. The Kier molecular flexibility index (Phi) is 5.18. The van der Waals surface area contributed by atoms with E-state index in [-0.39, 0.29) is 0 Å². The van der Waals surface area contributed by atoms with E-state index in [1.165, 1.54) is 12.8 Å². The Balaban J connectivity index is 2.04. The van der Waals surface area contributed by atoms with E-state index in [1.807, 2.05) is 12.1 Å². The fourth-order valence-electron chi connectivity index (χ4n) is 2.01. The summed E-state index contributed by atoms with van der Waals surface area (Å²) in [5, 5.41) is 3.37. The Bertz CT molecular complexity index is 537. The topological polar surface area (TPSA) is 58.2 Å².